The van der Waals surface area contributed by atoms with Gasteiger partial charge < -0.3 is 0 Å². The molecule has 3 aromatic rings. The van der Waals surface area contributed by atoms with E-state index in [0.29, 0.717) is 0 Å². The number of carbonyl (C=O) groups excluding carboxylic acids is 2. The predicted molar refractivity (Wildman–Crippen MR) is 104 cm³/mol. The Balaban J connectivity index is 1.51. The molecule has 1 N–H and O–H groups in total. The summed E-state index contributed by atoms with van der Waals surface area (Å²) >= 11 is 9.71. The van der Waals surface area contributed by atoms with Gasteiger partial charge in [-0.15, -0.1) is 11.6 Å². The van der Waals surface area contributed by atoms with Crippen molar-refractivity contribution in [3.05, 3.63) is 70.8 Å². The van der Waals surface area contributed by atoms with Crippen molar-refractivity contribution in [1.29, 1.82) is 0 Å². The topological polar surface area (TPSA) is 54.3 Å². The van der Waals surface area contributed by atoms with Gasteiger partial charge in [-0.2, -0.15) is 0 Å². The number of benzene rings is 2. The van der Waals surface area contributed by atoms with Crippen molar-refractivity contribution in [2.45, 2.75) is 11.4 Å². The minimum Gasteiger partial charge on any atom is -0.286 e. The predicted octanol–water partition coefficient (Wildman–Crippen LogP) is 3.74. The Hall–Kier alpha value is -2.15. The highest BCUT2D eigenvalue weighted by molar-refractivity contribution is 9.10. The smallest absolute Gasteiger partial charge is 0.257 e. The van der Waals surface area contributed by atoms with Crippen LogP contribution in [0.2, 0.25) is 0 Å². The van der Waals surface area contributed by atoms with E-state index in [-0.39, 0.29) is 24.4 Å². The van der Waals surface area contributed by atoms with Gasteiger partial charge in [0.2, 0.25) is 5.91 Å². The number of β-lactam (4-membered cyclic amide) rings is 1. The molecule has 5 nitrogen and oxygen atoms in total. The van der Waals surface area contributed by atoms with Crippen molar-refractivity contribution in [1.82, 2.24) is 15.0 Å². The monoisotopic (exact) mass is 431 g/mol. The first-order valence-electron chi connectivity index (χ1n) is 8.12. The fraction of sp³-hybridized carbons (Fsp3) is 0.158. The Morgan fingerprint density at radius 3 is 2.65 bits per heavy atom. The summed E-state index contributed by atoms with van der Waals surface area (Å²) in [6, 6.07) is 16.8. The molecule has 0 bridgehead atoms. The van der Waals surface area contributed by atoms with Crippen LogP contribution < -0.4 is 5.43 Å². The standard InChI is InChI=1S/C19H15BrClN3O2/c20-14-7-3-2-6-13(14)18-17(21)19(26)24(18)22-11-16(25)23-10-9-12-5-1-4-8-15(12)23/h1-10,17-18,22H,11H2. The number of para-hydroxylation sites is 1. The first-order valence-corrected chi connectivity index (χ1v) is 9.35. The number of rotatable bonds is 4. The van der Waals surface area contributed by atoms with Crippen LogP contribution in [-0.2, 0) is 4.79 Å². The lowest BCUT2D eigenvalue weighted by Gasteiger charge is -2.44. The van der Waals surface area contributed by atoms with Gasteiger partial charge in [-0.1, -0.05) is 52.3 Å². The molecule has 0 spiro atoms. The summed E-state index contributed by atoms with van der Waals surface area (Å²) < 4.78 is 2.45. The third-order valence-corrected chi connectivity index (χ3v) is 5.67. The molecule has 2 atom stereocenters. The molecule has 2 unspecified atom stereocenters. The van der Waals surface area contributed by atoms with E-state index in [1.54, 1.807) is 10.8 Å². The molecule has 1 saturated heterocycles. The van der Waals surface area contributed by atoms with E-state index in [9.17, 15) is 9.59 Å². The number of hydrogen-bond acceptors (Lipinski definition) is 3. The molecule has 4 rings (SSSR count). The van der Waals surface area contributed by atoms with Gasteiger partial charge in [0.1, 0.15) is 5.38 Å². The van der Waals surface area contributed by atoms with Crippen LogP contribution >= 0.6 is 27.5 Å². The van der Waals surface area contributed by atoms with Crippen molar-refractivity contribution >= 4 is 50.2 Å². The van der Waals surface area contributed by atoms with Crippen LogP contribution in [0.1, 0.15) is 16.4 Å². The lowest BCUT2D eigenvalue weighted by Crippen LogP contribution is -2.62. The van der Waals surface area contributed by atoms with Gasteiger partial charge in [-0.25, -0.2) is 5.43 Å². The highest BCUT2D eigenvalue weighted by Crippen LogP contribution is 2.39. The van der Waals surface area contributed by atoms with Crippen molar-refractivity contribution < 1.29 is 9.59 Å². The second kappa shape index (κ2) is 6.87. The van der Waals surface area contributed by atoms with Gasteiger partial charge in [0, 0.05) is 16.1 Å². The maximum absolute atomic E-state index is 12.6. The SMILES string of the molecule is O=C1C(Cl)C(c2ccccc2Br)N1NCC(=O)n1ccc2ccccc21. The quantitative estimate of drug-likeness (QED) is 0.505. The van der Waals surface area contributed by atoms with E-state index >= 15 is 0 Å². The molecule has 1 aliphatic heterocycles. The second-order valence-corrected chi connectivity index (χ2v) is 7.37. The summed E-state index contributed by atoms with van der Waals surface area (Å²) in [5.41, 5.74) is 4.68. The van der Waals surface area contributed by atoms with Gasteiger partial charge in [0.05, 0.1) is 18.1 Å². The molecule has 0 aliphatic carbocycles. The van der Waals surface area contributed by atoms with Gasteiger partial charge in [0.25, 0.3) is 5.91 Å². The van der Waals surface area contributed by atoms with Crippen LogP contribution in [0, 0.1) is 0 Å². The fourth-order valence-electron chi connectivity index (χ4n) is 3.18. The molecule has 0 saturated carbocycles. The number of amides is 1. The summed E-state index contributed by atoms with van der Waals surface area (Å²) in [4.78, 5) is 24.7. The van der Waals surface area contributed by atoms with Crippen molar-refractivity contribution in [3.8, 4) is 0 Å². The van der Waals surface area contributed by atoms with Crippen LogP contribution in [0.3, 0.4) is 0 Å². The van der Waals surface area contributed by atoms with Gasteiger partial charge in [-0.05, 0) is 23.8 Å². The van der Waals surface area contributed by atoms with Crippen LogP contribution in [0.25, 0.3) is 10.9 Å². The number of carbonyl (C=O) groups is 2. The number of nitrogens with zero attached hydrogens (tertiary/aromatic N) is 2. The maximum Gasteiger partial charge on any atom is 0.257 e. The molecule has 2 heterocycles. The zero-order chi connectivity index (χ0) is 18.3. The molecule has 1 amide bonds. The Morgan fingerprint density at radius 1 is 1.12 bits per heavy atom. The first kappa shape index (κ1) is 17.3. The second-order valence-electron chi connectivity index (χ2n) is 6.05. The first-order chi connectivity index (χ1) is 12.6. The van der Waals surface area contributed by atoms with Gasteiger partial charge in [0.15, 0.2) is 0 Å². The van der Waals surface area contributed by atoms with Crippen molar-refractivity contribution in [3.63, 3.8) is 0 Å². The van der Waals surface area contributed by atoms with Crippen LogP contribution in [-0.4, -0.2) is 33.3 Å². The minimum atomic E-state index is -0.649. The number of alkyl halides is 1. The normalized spacial score (nSPS) is 19.6. The van der Waals surface area contributed by atoms with Crippen molar-refractivity contribution in [2.75, 3.05) is 6.54 Å². The third kappa shape index (κ3) is 2.84. The van der Waals surface area contributed by atoms with Gasteiger partial charge in [-0.3, -0.25) is 19.2 Å². The number of fused-ring (bicyclic) bond motifs is 1. The largest absolute Gasteiger partial charge is 0.286 e. The summed E-state index contributed by atoms with van der Waals surface area (Å²) in [7, 11) is 0. The maximum atomic E-state index is 12.6. The zero-order valence-electron chi connectivity index (χ0n) is 13.6. The Morgan fingerprint density at radius 2 is 1.85 bits per heavy atom. The summed E-state index contributed by atoms with van der Waals surface area (Å²) in [6.45, 7) is -0.00498. The van der Waals surface area contributed by atoms with E-state index in [0.717, 1.165) is 20.9 Å². The van der Waals surface area contributed by atoms with Crippen LogP contribution in [0.5, 0.6) is 0 Å². The Kier molecular flexibility index (Phi) is 4.56. The molecular weight excluding hydrogens is 418 g/mol. The van der Waals surface area contributed by atoms with Crippen LogP contribution in [0.15, 0.2) is 65.3 Å². The lowest BCUT2D eigenvalue weighted by atomic mass is 9.95. The summed E-state index contributed by atoms with van der Waals surface area (Å²) in [6.07, 6.45) is 1.74. The van der Waals surface area contributed by atoms with E-state index in [4.69, 9.17) is 11.6 Å². The number of aromatic nitrogens is 1. The highest BCUT2D eigenvalue weighted by Gasteiger charge is 2.48. The summed E-state index contributed by atoms with van der Waals surface area (Å²) in [5, 5.41) is 1.78. The average molecular weight is 433 g/mol. The van der Waals surface area contributed by atoms with E-state index in [2.05, 4.69) is 21.4 Å². The zero-order valence-corrected chi connectivity index (χ0v) is 15.9. The van der Waals surface area contributed by atoms with E-state index < -0.39 is 5.38 Å². The third-order valence-electron chi connectivity index (χ3n) is 4.52. The average Bonchev–Trinajstić information content (AvgIpc) is 3.09. The minimum absolute atomic E-state index is 0.00498. The molecule has 1 aliphatic rings. The molecule has 1 fully saturated rings. The van der Waals surface area contributed by atoms with E-state index in [1.165, 1.54) is 5.01 Å². The molecular formula is C19H15BrClN3O2. The number of hydrogen-bond donors (Lipinski definition) is 1. The lowest BCUT2D eigenvalue weighted by molar-refractivity contribution is -0.150. The van der Waals surface area contributed by atoms with E-state index in [1.807, 2.05) is 54.6 Å². The number of hydrazine groups is 1. The molecule has 0 radical (unpaired) electrons. The molecule has 26 heavy (non-hydrogen) atoms. The van der Waals surface area contributed by atoms with Crippen LogP contribution in [0.4, 0.5) is 0 Å². The Labute approximate surface area is 163 Å². The number of halogens is 2. The molecule has 1 aromatic heterocycles. The summed E-state index contributed by atoms with van der Waals surface area (Å²) in [5.74, 6) is -0.388. The number of nitrogens with one attached hydrogen (secondary N) is 1. The highest BCUT2D eigenvalue weighted by atomic mass is 79.9. The molecule has 132 valence electrons. The molecule has 7 heteroatoms. The van der Waals surface area contributed by atoms with Crippen molar-refractivity contribution in [2.24, 2.45) is 0 Å². The molecule has 2 aromatic carbocycles. The Bertz CT molecular complexity index is 1000. The fourth-order valence-corrected chi connectivity index (χ4v) is 4.05. The van der Waals surface area contributed by atoms with Gasteiger partial charge >= 0.3 is 0 Å².